The Balaban J connectivity index is 1.86. The predicted molar refractivity (Wildman–Crippen MR) is 94.9 cm³/mol. The van der Waals surface area contributed by atoms with Gasteiger partial charge in [0.15, 0.2) is 11.5 Å². The highest BCUT2D eigenvalue weighted by atomic mass is 32.2. The van der Waals surface area contributed by atoms with Gasteiger partial charge < -0.3 is 9.47 Å². The Bertz CT molecular complexity index is 745. The van der Waals surface area contributed by atoms with Crippen LogP contribution in [0.1, 0.15) is 17.5 Å². The summed E-state index contributed by atoms with van der Waals surface area (Å²) in [5.74, 6) is 1.31. The highest BCUT2D eigenvalue weighted by Gasteiger charge is 2.11. The third-order valence-corrected chi connectivity index (χ3v) is 5.08. The average molecular weight is 349 g/mol. The van der Waals surface area contributed by atoms with E-state index < -0.39 is 10.0 Å². The van der Waals surface area contributed by atoms with Crippen LogP contribution in [0.4, 0.5) is 0 Å². The van der Waals surface area contributed by atoms with Gasteiger partial charge in [0, 0.05) is 6.54 Å². The van der Waals surface area contributed by atoms with E-state index >= 15 is 0 Å². The van der Waals surface area contributed by atoms with Crippen molar-refractivity contribution < 1.29 is 17.9 Å². The first kappa shape index (κ1) is 18.3. The lowest BCUT2D eigenvalue weighted by molar-refractivity contribution is 0.354. The SMILES string of the molecule is COc1ccc(CNS(=O)(=O)CCCc2ccccc2)cc1OC. The molecule has 0 radical (unpaired) electrons. The van der Waals surface area contributed by atoms with Crippen molar-refractivity contribution >= 4 is 10.0 Å². The average Bonchev–Trinajstić information content (AvgIpc) is 2.60. The minimum Gasteiger partial charge on any atom is -0.493 e. The van der Waals surface area contributed by atoms with Gasteiger partial charge in [-0.2, -0.15) is 0 Å². The second-order valence-electron chi connectivity index (χ2n) is 5.42. The molecule has 0 saturated heterocycles. The molecule has 0 unspecified atom stereocenters. The lowest BCUT2D eigenvalue weighted by Gasteiger charge is -2.11. The fourth-order valence-corrected chi connectivity index (χ4v) is 3.42. The summed E-state index contributed by atoms with van der Waals surface area (Å²) in [5, 5.41) is 0. The van der Waals surface area contributed by atoms with Crippen molar-refractivity contribution in [1.82, 2.24) is 4.72 Å². The number of rotatable bonds is 9. The zero-order chi connectivity index (χ0) is 17.4. The molecule has 0 aliphatic rings. The van der Waals surface area contributed by atoms with Crippen LogP contribution < -0.4 is 14.2 Å². The van der Waals surface area contributed by atoms with Gasteiger partial charge >= 0.3 is 0 Å². The molecule has 0 fully saturated rings. The maximum atomic E-state index is 12.1. The van der Waals surface area contributed by atoms with Gasteiger partial charge in [0.2, 0.25) is 10.0 Å². The van der Waals surface area contributed by atoms with Crippen molar-refractivity contribution in [2.24, 2.45) is 0 Å². The predicted octanol–water partition coefficient (Wildman–Crippen LogP) is 2.76. The number of hydrogen-bond donors (Lipinski definition) is 1. The van der Waals surface area contributed by atoms with Crippen molar-refractivity contribution in [3.05, 3.63) is 59.7 Å². The van der Waals surface area contributed by atoms with Crippen LogP contribution >= 0.6 is 0 Å². The molecule has 1 N–H and O–H groups in total. The number of aryl methyl sites for hydroxylation is 1. The summed E-state index contributed by atoms with van der Waals surface area (Å²) in [6.07, 6.45) is 1.34. The molecule has 0 amide bonds. The number of nitrogens with one attached hydrogen (secondary N) is 1. The van der Waals surface area contributed by atoms with Crippen LogP contribution in [0.3, 0.4) is 0 Å². The number of hydrogen-bond acceptors (Lipinski definition) is 4. The molecule has 24 heavy (non-hydrogen) atoms. The molecule has 130 valence electrons. The van der Waals surface area contributed by atoms with Crippen molar-refractivity contribution in [3.63, 3.8) is 0 Å². The van der Waals surface area contributed by atoms with Crippen LogP contribution in [-0.2, 0) is 23.0 Å². The standard InChI is InChI=1S/C18H23NO4S/c1-22-17-11-10-16(13-18(17)23-2)14-19-24(20,21)12-6-9-15-7-4-3-5-8-15/h3-5,7-8,10-11,13,19H,6,9,12,14H2,1-2H3. The van der Waals surface area contributed by atoms with Gasteiger partial charge in [-0.25, -0.2) is 13.1 Å². The van der Waals surface area contributed by atoms with Crippen LogP contribution in [0.15, 0.2) is 48.5 Å². The largest absolute Gasteiger partial charge is 0.493 e. The molecule has 0 bridgehead atoms. The molecule has 0 saturated carbocycles. The summed E-state index contributed by atoms with van der Waals surface area (Å²) in [6, 6.07) is 15.2. The molecule has 0 spiro atoms. The Morgan fingerprint density at radius 2 is 1.62 bits per heavy atom. The molecule has 2 aromatic rings. The van der Waals surface area contributed by atoms with Gasteiger partial charge in [-0.05, 0) is 36.1 Å². The van der Waals surface area contributed by atoms with Crippen LogP contribution in [0.2, 0.25) is 0 Å². The van der Waals surface area contributed by atoms with Gasteiger partial charge in [0.25, 0.3) is 0 Å². The molecule has 0 aromatic heterocycles. The van der Waals surface area contributed by atoms with Crippen molar-refractivity contribution in [2.45, 2.75) is 19.4 Å². The van der Waals surface area contributed by atoms with Crippen molar-refractivity contribution in [3.8, 4) is 11.5 Å². The number of sulfonamides is 1. The Morgan fingerprint density at radius 3 is 2.29 bits per heavy atom. The van der Waals surface area contributed by atoms with Crippen molar-refractivity contribution in [1.29, 1.82) is 0 Å². The molecular formula is C18H23NO4S. The lowest BCUT2D eigenvalue weighted by Crippen LogP contribution is -2.26. The van der Waals surface area contributed by atoms with Gasteiger partial charge in [-0.15, -0.1) is 0 Å². The zero-order valence-corrected chi connectivity index (χ0v) is 14.8. The Labute approximate surface area is 143 Å². The third kappa shape index (κ3) is 5.54. The van der Waals surface area contributed by atoms with E-state index in [-0.39, 0.29) is 12.3 Å². The quantitative estimate of drug-likeness (QED) is 0.756. The first-order valence-corrected chi connectivity index (χ1v) is 9.41. The highest BCUT2D eigenvalue weighted by Crippen LogP contribution is 2.27. The monoisotopic (exact) mass is 349 g/mol. The summed E-state index contributed by atoms with van der Waals surface area (Å²) in [4.78, 5) is 0. The molecule has 2 rings (SSSR count). The van der Waals surface area contributed by atoms with E-state index in [1.165, 1.54) is 0 Å². The normalized spacial score (nSPS) is 11.2. The number of benzene rings is 2. The van der Waals surface area contributed by atoms with E-state index in [0.717, 1.165) is 17.5 Å². The second kappa shape index (κ2) is 8.70. The summed E-state index contributed by atoms with van der Waals surface area (Å²) < 4.78 is 37.2. The van der Waals surface area contributed by atoms with Crippen LogP contribution in [0.5, 0.6) is 11.5 Å². The number of methoxy groups -OCH3 is 2. The summed E-state index contributed by atoms with van der Waals surface area (Å²) in [6.45, 7) is 0.230. The van der Waals surface area contributed by atoms with Gasteiger partial charge in [0.05, 0.1) is 20.0 Å². The summed E-state index contributed by atoms with van der Waals surface area (Å²) in [5.41, 5.74) is 1.96. The van der Waals surface area contributed by atoms with E-state index in [1.807, 2.05) is 36.4 Å². The first-order valence-electron chi connectivity index (χ1n) is 7.76. The van der Waals surface area contributed by atoms with E-state index in [2.05, 4.69) is 4.72 Å². The maximum absolute atomic E-state index is 12.1. The molecule has 5 nitrogen and oxygen atoms in total. The van der Waals surface area contributed by atoms with Gasteiger partial charge in [-0.1, -0.05) is 36.4 Å². The minimum atomic E-state index is -3.31. The molecule has 0 aliphatic heterocycles. The lowest BCUT2D eigenvalue weighted by atomic mass is 10.1. The van der Waals surface area contributed by atoms with E-state index in [0.29, 0.717) is 17.9 Å². The van der Waals surface area contributed by atoms with Gasteiger partial charge in [-0.3, -0.25) is 0 Å². The molecule has 2 aromatic carbocycles. The third-order valence-electron chi connectivity index (χ3n) is 3.67. The highest BCUT2D eigenvalue weighted by molar-refractivity contribution is 7.89. The van der Waals surface area contributed by atoms with E-state index in [4.69, 9.17) is 9.47 Å². The molecular weight excluding hydrogens is 326 g/mol. The molecule has 0 aliphatic carbocycles. The van der Waals surface area contributed by atoms with Crippen LogP contribution in [-0.4, -0.2) is 28.4 Å². The molecule has 6 heteroatoms. The molecule has 0 atom stereocenters. The fourth-order valence-electron chi connectivity index (χ4n) is 2.37. The van der Waals surface area contributed by atoms with Gasteiger partial charge in [0.1, 0.15) is 0 Å². The summed E-state index contributed by atoms with van der Waals surface area (Å²) in [7, 11) is -0.194. The van der Waals surface area contributed by atoms with E-state index in [9.17, 15) is 8.42 Å². The first-order chi connectivity index (χ1) is 11.5. The van der Waals surface area contributed by atoms with Crippen molar-refractivity contribution in [2.75, 3.05) is 20.0 Å². The van der Waals surface area contributed by atoms with E-state index in [1.54, 1.807) is 26.4 Å². The van der Waals surface area contributed by atoms with Crippen LogP contribution in [0, 0.1) is 0 Å². The molecule has 0 heterocycles. The van der Waals surface area contributed by atoms with Crippen LogP contribution in [0.25, 0.3) is 0 Å². The second-order valence-corrected chi connectivity index (χ2v) is 7.34. The fraction of sp³-hybridized carbons (Fsp3) is 0.333. The Hall–Kier alpha value is -2.05. The number of ether oxygens (including phenoxy) is 2. The Morgan fingerprint density at radius 1 is 0.917 bits per heavy atom. The zero-order valence-electron chi connectivity index (χ0n) is 14.0. The minimum absolute atomic E-state index is 0.106. The Kier molecular flexibility index (Phi) is 6.63. The maximum Gasteiger partial charge on any atom is 0.211 e. The smallest absolute Gasteiger partial charge is 0.211 e. The summed E-state index contributed by atoms with van der Waals surface area (Å²) >= 11 is 0. The topological polar surface area (TPSA) is 64.6 Å².